The van der Waals surface area contributed by atoms with Gasteiger partial charge in [0.1, 0.15) is 0 Å². The largest absolute Gasteiger partial charge is 0.324 e. The minimum Gasteiger partial charge on any atom is -0.324 e. The Kier molecular flexibility index (Phi) is 3.94. The van der Waals surface area contributed by atoms with Crippen LogP contribution < -0.4 is 5.73 Å². The van der Waals surface area contributed by atoms with Gasteiger partial charge in [-0.25, -0.2) is 0 Å². The average molecular weight is 279 g/mol. The predicted octanol–water partition coefficient (Wildman–Crippen LogP) is 2.65. The molecule has 0 radical (unpaired) electrons. The summed E-state index contributed by atoms with van der Waals surface area (Å²) in [6, 6.07) is 7.69. The van der Waals surface area contributed by atoms with Crippen LogP contribution in [0.3, 0.4) is 0 Å². The Morgan fingerprint density at radius 2 is 2.25 bits per heavy atom. The standard InChI is InChI=1S/C9H11FIN/c10-5-4-9(12)7-2-1-3-8(11)6-7/h1-3,6,9H,4-5,12H2/t9-/m0/s1. The van der Waals surface area contributed by atoms with Crippen molar-refractivity contribution >= 4 is 22.6 Å². The third-order valence-corrected chi connectivity index (χ3v) is 2.37. The minimum absolute atomic E-state index is 0.162. The molecule has 0 aromatic heterocycles. The van der Waals surface area contributed by atoms with Gasteiger partial charge in [-0.05, 0) is 46.7 Å². The van der Waals surface area contributed by atoms with Crippen LogP contribution in [0.4, 0.5) is 4.39 Å². The lowest BCUT2D eigenvalue weighted by Gasteiger charge is -2.09. The van der Waals surface area contributed by atoms with Gasteiger partial charge >= 0.3 is 0 Å². The van der Waals surface area contributed by atoms with Crippen molar-refractivity contribution in [2.75, 3.05) is 6.67 Å². The van der Waals surface area contributed by atoms with Crippen LogP contribution in [0.1, 0.15) is 18.0 Å². The lowest BCUT2D eigenvalue weighted by molar-refractivity contribution is 0.442. The SMILES string of the molecule is N[C@@H](CCF)c1cccc(I)c1. The molecule has 0 bridgehead atoms. The molecular formula is C9H11FIN. The molecule has 1 nitrogen and oxygen atoms in total. The van der Waals surface area contributed by atoms with Crippen LogP contribution in [0, 0.1) is 3.57 Å². The molecule has 3 heteroatoms. The molecule has 1 rings (SSSR count). The monoisotopic (exact) mass is 279 g/mol. The first-order chi connectivity index (χ1) is 5.74. The van der Waals surface area contributed by atoms with Gasteiger partial charge in [-0.2, -0.15) is 0 Å². The minimum atomic E-state index is -0.355. The lowest BCUT2D eigenvalue weighted by Crippen LogP contribution is -2.10. The second-order valence-electron chi connectivity index (χ2n) is 2.64. The second kappa shape index (κ2) is 4.77. The van der Waals surface area contributed by atoms with E-state index in [0.29, 0.717) is 6.42 Å². The van der Waals surface area contributed by atoms with Gasteiger partial charge in [0.05, 0.1) is 6.67 Å². The van der Waals surface area contributed by atoms with Gasteiger partial charge in [0.15, 0.2) is 0 Å². The summed E-state index contributed by atoms with van der Waals surface area (Å²) in [6.07, 6.45) is 0.403. The van der Waals surface area contributed by atoms with Crippen molar-refractivity contribution in [3.8, 4) is 0 Å². The molecule has 0 amide bonds. The molecule has 0 saturated carbocycles. The van der Waals surface area contributed by atoms with Crippen molar-refractivity contribution in [3.05, 3.63) is 33.4 Å². The first-order valence-corrected chi connectivity index (χ1v) is 4.89. The molecule has 1 aromatic carbocycles. The Balaban J connectivity index is 2.73. The van der Waals surface area contributed by atoms with Crippen LogP contribution in [-0.2, 0) is 0 Å². The third-order valence-electron chi connectivity index (χ3n) is 1.70. The summed E-state index contributed by atoms with van der Waals surface area (Å²) in [5, 5.41) is 0. The molecule has 66 valence electrons. The van der Waals surface area contributed by atoms with E-state index in [1.54, 1.807) is 0 Å². The Labute approximate surface area is 85.3 Å². The molecule has 0 unspecified atom stereocenters. The van der Waals surface area contributed by atoms with Gasteiger partial charge in [0.25, 0.3) is 0 Å². The molecule has 0 aliphatic carbocycles. The van der Waals surface area contributed by atoms with Gasteiger partial charge in [-0.15, -0.1) is 0 Å². The zero-order valence-corrected chi connectivity index (χ0v) is 8.79. The van der Waals surface area contributed by atoms with Crippen molar-refractivity contribution < 1.29 is 4.39 Å². The van der Waals surface area contributed by atoms with Crippen LogP contribution in [0.25, 0.3) is 0 Å². The maximum Gasteiger partial charge on any atom is 0.0912 e. The van der Waals surface area contributed by atoms with E-state index < -0.39 is 0 Å². The molecule has 1 atom stereocenters. The molecule has 0 spiro atoms. The van der Waals surface area contributed by atoms with Crippen molar-refractivity contribution in [2.24, 2.45) is 5.73 Å². The van der Waals surface area contributed by atoms with E-state index in [-0.39, 0.29) is 12.7 Å². The van der Waals surface area contributed by atoms with E-state index in [4.69, 9.17) is 5.73 Å². The van der Waals surface area contributed by atoms with Crippen molar-refractivity contribution in [1.29, 1.82) is 0 Å². The van der Waals surface area contributed by atoms with Crippen LogP contribution in [0.2, 0.25) is 0 Å². The Hall–Kier alpha value is -0.160. The fraction of sp³-hybridized carbons (Fsp3) is 0.333. The number of rotatable bonds is 3. The lowest BCUT2D eigenvalue weighted by atomic mass is 10.1. The van der Waals surface area contributed by atoms with Crippen LogP contribution >= 0.6 is 22.6 Å². The second-order valence-corrected chi connectivity index (χ2v) is 3.88. The van der Waals surface area contributed by atoms with Gasteiger partial charge in [0, 0.05) is 9.61 Å². The number of nitrogens with two attached hydrogens (primary N) is 1. The first-order valence-electron chi connectivity index (χ1n) is 3.81. The maximum absolute atomic E-state index is 11.9. The summed E-state index contributed by atoms with van der Waals surface area (Å²) in [5.41, 5.74) is 6.74. The fourth-order valence-corrected chi connectivity index (χ4v) is 1.59. The molecule has 1 aromatic rings. The quantitative estimate of drug-likeness (QED) is 0.846. The number of hydrogen-bond acceptors (Lipinski definition) is 1. The van der Waals surface area contributed by atoms with E-state index in [0.717, 1.165) is 9.13 Å². The number of hydrogen-bond donors (Lipinski definition) is 1. The summed E-state index contributed by atoms with van der Waals surface area (Å²) >= 11 is 2.22. The number of alkyl halides is 1. The molecule has 2 N–H and O–H groups in total. The predicted molar refractivity (Wildman–Crippen MR) is 56.7 cm³/mol. The van der Waals surface area contributed by atoms with Gasteiger partial charge in [0.2, 0.25) is 0 Å². The molecular weight excluding hydrogens is 268 g/mol. The van der Waals surface area contributed by atoms with Gasteiger partial charge in [-0.3, -0.25) is 4.39 Å². The Morgan fingerprint density at radius 1 is 1.50 bits per heavy atom. The summed E-state index contributed by atoms with van der Waals surface area (Å²) in [7, 11) is 0. The first kappa shape index (κ1) is 9.92. The maximum atomic E-state index is 11.9. The summed E-state index contributed by atoms with van der Waals surface area (Å²) in [6.45, 7) is -0.355. The summed E-state index contributed by atoms with van der Waals surface area (Å²) < 4.78 is 13.1. The molecule has 0 heterocycles. The zero-order valence-electron chi connectivity index (χ0n) is 6.63. The summed E-state index contributed by atoms with van der Waals surface area (Å²) in [5.74, 6) is 0. The van der Waals surface area contributed by atoms with E-state index in [1.807, 2.05) is 24.3 Å². The van der Waals surface area contributed by atoms with E-state index in [9.17, 15) is 4.39 Å². The van der Waals surface area contributed by atoms with E-state index >= 15 is 0 Å². The smallest absolute Gasteiger partial charge is 0.0912 e. The molecule has 0 saturated heterocycles. The van der Waals surface area contributed by atoms with E-state index in [2.05, 4.69) is 22.6 Å². The number of benzene rings is 1. The third kappa shape index (κ3) is 2.71. The molecule has 0 aliphatic rings. The van der Waals surface area contributed by atoms with Crippen LogP contribution in [-0.4, -0.2) is 6.67 Å². The topological polar surface area (TPSA) is 26.0 Å². The highest BCUT2D eigenvalue weighted by Crippen LogP contribution is 2.16. The van der Waals surface area contributed by atoms with Crippen molar-refractivity contribution in [2.45, 2.75) is 12.5 Å². The van der Waals surface area contributed by atoms with Crippen LogP contribution in [0.15, 0.2) is 24.3 Å². The van der Waals surface area contributed by atoms with Gasteiger partial charge < -0.3 is 5.73 Å². The van der Waals surface area contributed by atoms with E-state index in [1.165, 1.54) is 0 Å². The van der Waals surface area contributed by atoms with Crippen molar-refractivity contribution in [1.82, 2.24) is 0 Å². The van der Waals surface area contributed by atoms with Gasteiger partial charge in [-0.1, -0.05) is 12.1 Å². The fourth-order valence-electron chi connectivity index (χ4n) is 1.02. The Morgan fingerprint density at radius 3 is 2.83 bits per heavy atom. The Bertz CT molecular complexity index is 252. The highest BCUT2D eigenvalue weighted by Gasteiger charge is 2.04. The van der Waals surface area contributed by atoms with Crippen LogP contribution in [0.5, 0.6) is 0 Å². The number of halogens is 2. The molecule has 0 fully saturated rings. The highest BCUT2D eigenvalue weighted by molar-refractivity contribution is 14.1. The zero-order chi connectivity index (χ0) is 8.97. The molecule has 0 aliphatic heterocycles. The highest BCUT2D eigenvalue weighted by atomic mass is 127. The summed E-state index contributed by atoms with van der Waals surface area (Å²) in [4.78, 5) is 0. The van der Waals surface area contributed by atoms with Crippen molar-refractivity contribution in [3.63, 3.8) is 0 Å². The normalized spacial score (nSPS) is 12.9. The average Bonchev–Trinajstić information content (AvgIpc) is 2.05. The molecule has 12 heavy (non-hydrogen) atoms.